The van der Waals surface area contributed by atoms with Gasteiger partial charge < -0.3 is 9.47 Å². The second-order valence-corrected chi connectivity index (χ2v) is 7.27. The van der Waals surface area contributed by atoms with Crippen LogP contribution in [0.3, 0.4) is 0 Å². The van der Waals surface area contributed by atoms with Gasteiger partial charge in [0.05, 0.1) is 13.2 Å². The number of benzene rings is 2. The number of allylic oxidation sites excluding steroid dienone is 2. The highest BCUT2D eigenvalue weighted by Crippen LogP contribution is 2.15. The van der Waals surface area contributed by atoms with Crippen molar-refractivity contribution < 1.29 is 23.9 Å². The molecule has 0 heterocycles. The van der Waals surface area contributed by atoms with E-state index in [0.717, 1.165) is 60.5 Å². The topological polar surface area (TPSA) is 69.7 Å². The van der Waals surface area contributed by atoms with E-state index in [-0.39, 0.29) is 0 Å². The van der Waals surface area contributed by atoms with Crippen LogP contribution in [0.2, 0.25) is 0 Å². The molecule has 0 radical (unpaired) electrons. The van der Waals surface area contributed by atoms with Crippen LogP contribution in [0.15, 0.2) is 60.7 Å². The molecule has 0 N–H and O–H groups in total. The number of carbonyl (C=O) groups is 3. The van der Waals surface area contributed by atoms with Gasteiger partial charge in [0, 0.05) is 0 Å². The normalized spacial score (nSPS) is 11.1. The Bertz CT molecular complexity index is 860. The molecule has 0 saturated carbocycles. The van der Waals surface area contributed by atoms with Crippen molar-refractivity contribution >= 4 is 29.5 Å². The summed E-state index contributed by atoms with van der Waals surface area (Å²) in [7, 11) is 0. The molecule has 0 aliphatic rings. The van der Waals surface area contributed by atoms with Crippen molar-refractivity contribution in [1.82, 2.24) is 0 Å². The molecule has 0 saturated heterocycles. The number of hydrogen-bond acceptors (Lipinski definition) is 5. The lowest BCUT2D eigenvalue weighted by molar-refractivity contribution is -0.140. The van der Waals surface area contributed by atoms with Crippen LogP contribution in [0.1, 0.15) is 50.7 Å². The van der Waals surface area contributed by atoms with E-state index in [1.807, 2.05) is 0 Å². The third-order valence-corrected chi connectivity index (χ3v) is 4.60. The molecule has 0 atom stereocenters. The first-order chi connectivity index (χ1) is 15.5. The lowest BCUT2D eigenvalue weighted by Crippen LogP contribution is -2.20. The predicted octanol–water partition coefficient (Wildman–Crippen LogP) is 5.48. The summed E-state index contributed by atoms with van der Waals surface area (Å²) in [4.78, 5) is 36.1. The zero-order valence-electron chi connectivity index (χ0n) is 18.7. The quantitative estimate of drug-likeness (QED) is 0.170. The summed E-state index contributed by atoms with van der Waals surface area (Å²) in [5.74, 6) is -1.29. The Hall–Kier alpha value is -3.47. The molecule has 5 nitrogen and oxygen atoms in total. The molecule has 5 heteroatoms. The molecule has 0 amide bonds. The van der Waals surface area contributed by atoms with Gasteiger partial charge in [-0.3, -0.25) is 14.4 Å². The van der Waals surface area contributed by atoms with Crippen molar-refractivity contribution in [3.63, 3.8) is 0 Å². The van der Waals surface area contributed by atoms with Gasteiger partial charge in [0.15, 0.2) is 0 Å². The van der Waals surface area contributed by atoms with Crippen molar-refractivity contribution in [3.05, 3.63) is 71.8 Å². The highest BCUT2D eigenvalue weighted by molar-refractivity contribution is 6.68. The number of carbonyl (C=O) groups excluding carboxylic acids is 3. The Kier molecular flexibility index (Phi) is 10.7. The van der Waals surface area contributed by atoms with Crippen molar-refractivity contribution in [2.75, 3.05) is 13.2 Å². The first kappa shape index (κ1) is 24.8. The van der Waals surface area contributed by atoms with Gasteiger partial charge in [-0.15, -0.1) is 0 Å². The standard InChI is InChI=1S/C27H30O5/c1-3-5-19-31-23-13-7-21(8-14-23)11-17-25(28)27(30)26(29)18-12-22-9-15-24(16-10-22)32-20-6-4-2/h7-18H,3-6,19-20H2,1-2H3. The summed E-state index contributed by atoms with van der Waals surface area (Å²) < 4.78 is 11.2. The van der Waals surface area contributed by atoms with E-state index in [9.17, 15) is 14.4 Å². The number of unbranched alkanes of at least 4 members (excludes halogenated alkanes) is 2. The average Bonchev–Trinajstić information content (AvgIpc) is 2.82. The summed E-state index contributed by atoms with van der Waals surface area (Å²) in [6.07, 6.45) is 9.33. The Morgan fingerprint density at radius 3 is 1.38 bits per heavy atom. The van der Waals surface area contributed by atoms with Gasteiger partial charge in [0.25, 0.3) is 5.78 Å². The van der Waals surface area contributed by atoms with Crippen molar-refractivity contribution in [1.29, 1.82) is 0 Å². The molecule has 0 bridgehead atoms. The van der Waals surface area contributed by atoms with Gasteiger partial charge in [-0.25, -0.2) is 0 Å². The summed E-state index contributed by atoms with van der Waals surface area (Å²) in [6, 6.07) is 14.3. The molecule has 32 heavy (non-hydrogen) atoms. The van der Waals surface area contributed by atoms with E-state index in [0.29, 0.717) is 13.2 Å². The van der Waals surface area contributed by atoms with Crippen LogP contribution in [0.5, 0.6) is 11.5 Å². The molecule has 2 aromatic carbocycles. The fraction of sp³-hybridized carbons (Fsp3) is 0.296. The van der Waals surface area contributed by atoms with Crippen LogP contribution in [0, 0.1) is 0 Å². The van der Waals surface area contributed by atoms with Crippen LogP contribution in [-0.2, 0) is 14.4 Å². The molecule has 0 unspecified atom stereocenters. The predicted molar refractivity (Wildman–Crippen MR) is 127 cm³/mol. The third kappa shape index (κ3) is 8.72. The fourth-order valence-corrected chi connectivity index (χ4v) is 2.64. The molecule has 0 aliphatic heterocycles. The van der Waals surface area contributed by atoms with Gasteiger partial charge in [-0.2, -0.15) is 0 Å². The zero-order chi connectivity index (χ0) is 23.2. The van der Waals surface area contributed by atoms with Crippen molar-refractivity contribution in [2.24, 2.45) is 0 Å². The van der Waals surface area contributed by atoms with E-state index >= 15 is 0 Å². The van der Waals surface area contributed by atoms with Gasteiger partial charge in [0.1, 0.15) is 11.5 Å². The smallest absolute Gasteiger partial charge is 0.272 e. The minimum atomic E-state index is -1.07. The summed E-state index contributed by atoms with van der Waals surface area (Å²) in [6.45, 7) is 5.51. The van der Waals surface area contributed by atoms with E-state index in [1.165, 1.54) is 12.2 Å². The van der Waals surface area contributed by atoms with E-state index in [1.54, 1.807) is 48.5 Å². The fourth-order valence-electron chi connectivity index (χ4n) is 2.64. The summed E-state index contributed by atoms with van der Waals surface area (Å²) in [5.41, 5.74) is 1.47. The van der Waals surface area contributed by atoms with Gasteiger partial charge in [0.2, 0.25) is 11.6 Å². The second kappa shape index (κ2) is 13.8. The maximum absolute atomic E-state index is 12.0. The molecule has 0 spiro atoms. The Morgan fingerprint density at radius 2 is 1.03 bits per heavy atom. The maximum Gasteiger partial charge on any atom is 0.272 e. The van der Waals surface area contributed by atoms with E-state index < -0.39 is 17.3 Å². The monoisotopic (exact) mass is 434 g/mol. The largest absolute Gasteiger partial charge is 0.494 e. The first-order valence-electron chi connectivity index (χ1n) is 11.0. The Balaban J connectivity index is 1.86. The second-order valence-electron chi connectivity index (χ2n) is 7.27. The molecule has 0 aromatic heterocycles. The minimum Gasteiger partial charge on any atom is -0.494 e. The molecule has 2 rings (SSSR count). The minimum absolute atomic E-state index is 0.658. The van der Waals surface area contributed by atoms with Crippen LogP contribution in [0.4, 0.5) is 0 Å². The SMILES string of the molecule is CCCCOc1ccc(C=CC(=O)C(=O)C(=O)C=Cc2ccc(OCCCC)cc2)cc1. The summed E-state index contributed by atoms with van der Waals surface area (Å²) >= 11 is 0. The molecule has 2 aromatic rings. The lowest BCUT2D eigenvalue weighted by atomic mass is 10.1. The Labute approximate surface area is 189 Å². The molecule has 0 fully saturated rings. The molecule has 0 aliphatic carbocycles. The number of hydrogen-bond donors (Lipinski definition) is 0. The number of rotatable bonds is 14. The van der Waals surface area contributed by atoms with Crippen LogP contribution >= 0.6 is 0 Å². The number of ketones is 3. The lowest BCUT2D eigenvalue weighted by Gasteiger charge is -2.05. The maximum atomic E-state index is 12.0. The highest BCUT2D eigenvalue weighted by atomic mass is 16.5. The van der Waals surface area contributed by atoms with Crippen LogP contribution in [-0.4, -0.2) is 30.6 Å². The Morgan fingerprint density at radius 1 is 0.656 bits per heavy atom. The van der Waals surface area contributed by atoms with Gasteiger partial charge >= 0.3 is 0 Å². The van der Waals surface area contributed by atoms with E-state index in [2.05, 4.69) is 13.8 Å². The van der Waals surface area contributed by atoms with E-state index in [4.69, 9.17) is 9.47 Å². The van der Waals surface area contributed by atoms with Crippen LogP contribution < -0.4 is 9.47 Å². The first-order valence-corrected chi connectivity index (χ1v) is 11.0. The molecular weight excluding hydrogens is 404 g/mol. The molecule has 168 valence electrons. The summed E-state index contributed by atoms with van der Waals surface area (Å²) in [5, 5.41) is 0. The van der Waals surface area contributed by atoms with Crippen molar-refractivity contribution in [2.45, 2.75) is 39.5 Å². The zero-order valence-corrected chi connectivity index (χ0v) is 18.7. The highest BCUT2D eigenvalue weighted by Gasteiger charge is 2.17. The number of ether oxygens (including phenoxy) is 2. The number of Topliss-reactive ketones (excluding diaryl/α,β-unsaturated/α-hetero) is 1. The van der Waals surface area contributed by atoms with Crippen molar-refractivity contribution in [3.8, 4) is 11.5 Å². The van der Waals surface area contributed by atoms with Gasteiger partial charge in [-0.1, -0.05) is 63.1 Å². The van der Waals surface area contributed by atoms with Crippen LogP contribution in [0.25, 0.3) is 12.2 Å². The van der Waals surface area contributed by atoms with Gasteiger partial charge in [-0.05, 0) is 60.4 Å². The average molecular weight is 435 g/mol. The molecular formula is C27H30O5. The third-order valence-electron chi connectivity index (χ3n) is 4.60.